The molecule has 1 aromatic heterocycles. The molecule has 1 unspecified atom stereocenters. The molecule has 0 saturated heterocycles. The first-order valence-corrected chi connectivity index (χ1v) is 6.61. The second kappa shape index (κ2) is 5.33. The number of Topliss-reactive ketones (excluding diaryl/α,β-unsaturated/α-hetero) is 1. The van der Waals surface area contributed by atoms with Crippen molar-refractivity contribution in [3.63, 3.8) is 0 Å². The number of hydrogen-bond acceptors (Lipinski definition) is 3. The average molecular weight is 273 g/mol. The van der Waals surface area contributed by atoms with Crippen LogP contribution in [-0.2, 0) is 0 Å². The first-order valence-electron chi connectivity index (χ1n) is 5.79. The van der Waals surface area contributed by atoms with Crippen LogP contribution >= 0.6 is 11.3 Å². The largest absolute Gasteiger partial charge is 0.291 e. The molecule has 0 radical (unpaired) electrons. The van der Waals surface area contributed by atoms with Crippen molar-refractivity contribution in [1.82, 2.24) is 0 Å². The molecule has 0 aliphatic heterocycles. The Morgan fingerprint density at radius 3 is 2.63 bits per heavy atom. The summed E-state index contributed by atoms with van der Waals surface area (Å²) in [4.78, 5) is 13.9. The number of carbonyl (C=O) groups is 1. The van der Waals surface area contributed by atoms with Gasteiger partial charge in [-0.15, -0.1) is 11.3 Å². The van der Waals surface area contributed by atoms with Crippen LogP contribution < -0.4 is 0 Å². The van der Waals surface area contributed by atoms with Gasteiger partial charge in [-0.25, -0.2) is 4.39 Å². The van der Waals surface area contributed by atoms with E-state index in [9.17, 15) is 14.4 Å². The number of aryl methyl sites for hydroxylation is 2. The fraction of sp³-hybridized carbons (Fsp3) is 0.200. The summed E-state index contributed by atoms with van der Waals surface area (Å²) in [6, 6.07) is 9.38. The molecule has 2 rings (SSSR count). The molecule has 2 aromatic rings. The highest BCUT2D eigenvalue weighted by molar-refractivity contribution is 7.14. The van der Waals surface area contributed by atoms with Crippen LogP contribution in [0.5, 0.6) is 0 Å². The zero-order valence-corrected chi connectivity index (χ0v) is 11.4. The van der Waals surface area contributed by atoms with E-state index in [1.54, 1.807) is 12.1 Å². The van der Waals surface area contributed by atoms with Crippen LogP contribution in [0.3, 0.4) is 0 Å². The van der Waals surface area contributed by atoms with Crippen molar-refractivity contribution in [2.75, 3.05) is 0 Å². The number of halogens is 1. The topological polar surface area (TPSA) is 40.9 Å². The van der Waals surface area contributed by atoms with Crippen LogP contribution in [-0.4, -0.2) is 5.78 Å². The van der Waals surface area contributed by atoms with Crippen LogP contribution in [0, 0.1) is 31.0 Å². The van der Waals surface area contributed by atoms with Gasteiger partial charge in [-0.1, -0.05) is 12.1 Å². The predicted molar refractivity (Wildman–Crippen MR) is 72.9 cm³/mol. The fourth-order valence-corrected chi connectivity index (χ4v) is 2.81. The minimum Gasteiger partial charge on any atom is -0.291 e. The molecule has 1 atom stereocenters. The number of ketones is 1. The molecule has 1 heterocycles. The lowest BCUT2D eigenvalue weighted by Crippen LogP contribution is -2.10. The molecular weight excluding hydrogens is 261 g/mol. The summed E-state index contributed by atoms with van der Waals surface area (Å²) in [5, 5.41) is 9.19. The van der Waals surface area contributed by atoms with Crippen LogP contribution in [0.15, 0.2) is 30.3 Å². The van der Waals surface area contributed by atoms with Crippen LogP contribution in [0.2, 0.25) is 0 Å². The van der Waals surface area contributed by atoms with Crippen molar-refractivity contribution < 1.29 is 9.18 Å². The van der Waals surface area contributed by atoms with Crippen molar-refractivity contribution in [3.8, 4) is 6.07 Å². The van der Waals surface area contributed by atoms with Crippen molar-refractivity contribution in [3.05, 3.63) is 57.0 Å². The number of hydrogen-bond donors (Lipinski definition) is 0. The van der Waals surface area contributed by atoms with Gasteiger partial charge in [0.2, 0.25) is 0 Å². The summed E-state index contributed by atoms with van der Waals surface area (Å²) in [7, 11) is 0. The number of carbonyl (C=O) groups excluding carboxylic acids is 1. The van der Waals surface area contributed by atoms with Gasteiger partial charge < -0.3 is 0 Å². The third-order valence-electron chi connectivity index (χ3n) is 2.98. The third kappa shape index (κ3) is 2.72. The third-order valence-corrected chi connectivity index (χ3v) is 4.15. The summed E-state index contributed by atoms with van der Waals surface area (Å²) in [5.41, 5.74) is 1.43. The molecular formula is C15H12FNOS. The Hall–Kier alpha value is -1.99. The van der Waals surface area contributed by atoms with Crippen LogP contribution in [0.1, 0.15) is 31.6 Å². The Bertz CT molecular complexity index is 650. The zero-order chi connectivity index (χ0) is 14.0. The van der Waals surface area contributed by atoms with Crippen molar-refractivity contribution >= 4 is 17.1 Å². The Labute approximate surface area is 115 Å². The van der Waals surface area contributed by atoms with Gasteiger partial charge in [-0.2, -0.15) is 5.26 Å². The van der Waals surface area contributed by atoms with E-state index in [0.29, 0.717) is 10.4 Å². The maximum atomic E-state index is 13.2. The molecule has 0 amide bonds. The summed E-state index contributed by atoms with van der Waals surface area (Å²) >= 11 is 1.37. The molecule has 0 fully saturated rings. The standard InChI is InChI=1S/C15H12FNOS/c1-9-6-14(19-10(9)2)15(18)13(8-17)11-4-3-5-12(16)7-11/h3-7,13H,1-2H3. The smallest absolute Gasteiger partial charge is 0.194 e. The lowest BCUT2D eigenvalue weighted by molar-refractivity contribution is 0.0982. The van der Waals surface area contributed by atoms with Crippen LogP contribution in [0.25, 0.3) is 0 Å². The normalized spacial score (nSPS) is 11.9. The zero-order valence-electron chi connectivity index (χ0n) is 10.6. The van der Waals surface area contributed by atoms with Gasteiger partial charge in [0, 0.05) is 4.88 Å². The minimum absolute atomic E-state index is 0.269. The molecule has 0 spiro atoms. The van der Waals surface area contributed by atoms with E-state index in [-0.39, 0.29) is 5.78 Å². The Kier molecular flexibility index (Phi) is 3.77. The maximum absolute atomic E-state index is 13.2. The molecule has 1 aromatic carbocycles. The summed E-state index contributed by atoms with van der Waals surface area (Å²) in [6.07, 6.45) is 0. The first kappa shape index (κ1) is 13.4. The molecule has 96 valence electrons. The highest BCUT2D eigenvalue weighted by atomic mass is 32.1. The molecule has 0 aliphatic carbocycles. The second-order valence-corrected chi connectivity index (χ2v) is 5.59. The van der Waals surface area contributed by atoms with Crippen molar-refractivity contribution in [1.29, 1.82) is 5.26 Å². The highest BCUT2D eigenvalue weighted by Gasteiger charge is 2.23. The van der Waals surface area contributed by atoms with Gasteiger partial charge in [-0.3, -0.25) is 4.79 Å². The quantitative estimate of drug-likeness (QED) is 0.793. The number of thiophene rings is 1. The summed E-state index contributed by atoms with van der Waals surface area (Å²) < 4.78 is 13.2. The maximum Gasteiger partial charge on any atom is 0.194 e. The van der Waals surface area contributed by atoms with E-state index in [1.165, 1.54) is 29.5 Å². The lowest BCUT2D eigenvalue weighted by Gasteiger charge is -2.07. The monoisotopic (exact) mass is 273 g/mol. The Morgan fingerprint density at radius 1 is 1.37 bits per heavy atom. The van der Waals surface area contributed by atoms with E-state index in [4.69, 9.17) is 0 Å². The number of nitriles is 1. The van der Waals surface area contributed by atoms with E-state index in [0.717, 1.165) is 10.4 Å². The molecule has 0 N–H and O–H groups in total. The Morgan fingerprint density at radius 2 is 2.11 bits per heavy atom. The predicted octanol–water partition coefficient (Wildman–Crippen LogP) is 3.99. The van der Waals surface area contributed by atoms with E-state index >= 15 is 0 Å². The van der Waals surface area contributed by atoms with E-state index in [1.807, 2.05) is 19.9 Å². The SMILES string of the molecule is Cc1cc(C(=O)C(C#N)c2cccc(F)c2)sc1C. The molecule has 0 saturated carbocycles. The summed E-state index contributed by atoms with van der Waals surface area (Å²) in [6.45, 7) is 3.85. The fourth-order valence-electron chi connectivity index (χ4n) is 1.81. The molecule has 2 nitrogen and oxygen atoms in total. The Balaban J connectivity index is 2.38. The van der Waals surface area contributed by atoms with E-state index in [2.05, 4.69) is 0 Å². The lowest BCUT2D eigenvalue weighted by atomic mass is 9.95. The van der Waals surface area contributed by atoms with Crippen molar-refractivity contribution in [2.45, 2.75) is 19.8 Å². The van der Waals surface area contributed by atoms with Gasteiger partial charge in [-0.05, 0) is 43.2 Å². The van der Waals surface area contributed by atoms with Crippen molar-refractivity contribution in [2.24, 2.45) is 0 Å². The van der Waals surface area contributed by atoms with Crippen LogP contribution in [0.4, 0.5) is 4.39 Å². The number of nitrogens with zero attached hydrogens (tertiary/aromatic N) is 1. The van der Waals surface area contributed by atoms with E-state index < -0.39 is 11.7 Å². The molecule has 0 bridgehead atoms. The molecule has 0 aliphatic rings. The number of benzene rings is 1. The first-order chi connectivity index (χ1) is 9.02. The highest BCUT2D eigenvalue weighted by Crippen LogP contribution is 2.27. The van der Waals surface area contributed by atoms with Gasteiger partial charge in [0.25, 0.3) is 0 Å². The van der Waals surface area contributed by atoms with Gasteiger partial charge in [0.05, 0.1) is 10.9 Å². The number of rotatable bonds is 3. The molecule has 4 heteroatoms. The average Bonchev–Trinajstić information content (AvgIpc) is 2.70. The second-order valence-electron chi connectivity index (χ2n) is 4.33. The van der Waals surface area contributed by atoms with Gasteiger partial charge >= 0.3 is 0 Å². The summed E-state index contributed by atoms with van der Waals surface area (Å²) in [5.74, 6) is -1.66. The van der Waals surface area contributed by atoms with Gasteiger partial charge in [0.15, 0.2) is 5.78 Å². The van der Waals surface area contributed by atoms with Gasteiger partial charge in [0.1, 0.15) is 11.7 Å². The molecule has 19 heavy (non-hydrogen) atoms. The minimum atomic E-state index is -0.951.